The van der Waals surface area contributed by atoms with Crippen molar-refractivity contribution in [2.75, 3.05) is 25.6 Å². The van der Waals surface area contributed by atoms with Crippen molar-refractivity contribution in [3.63, 3.8) is 0 Å². The number of amides is 2. The first kappa shape index (κ1) is 22.4. The standard InChI is InChI=1S/C24H23N3O5/c1-30-20-11-13-22(14-12-20)32-17-24(29)27-25-15-18-7-9-21(10-8-18)31-16-23(28)26-19-5-3-2-4-6-19/h2-15H,16-17H2,1H3,(H,26,28)(H,27,29)/b25-15+. The molecule has 0 aliphatic rings. The van der Waals surface area contributed by atoms with Crippen molar-refractivity contribution in [1.29, 1.82) is 0 Å². The van der Waals surface area contributed by atoms with Gasteiger partial charge in [-0.15, -0.1) is 0 Å². The summed E-state index contributed by atoms with van der Waals surface area (Å²) in [6.45, 7) is -0.270. The maximum Gasteiger partial charge on any atom is 0.277 e. The monoisotopic (exact) mass is 433 g/mol. The molecule has 0 aliphatic carbocycles. The third-order valence-electron chi connectivity index (χ3n) is 4.14. The van der Waals surface area contributed by atoms with Crippen molar-refractivity contribution in [2.24, 2.45) is 5.10 Å². The van der Waals surface area contributed by atoms with Gasteiger partial charge >= 0.3 is 0 Å². The largest absolute Gasteiger partial charge is 0.497 e. The number of carbonyl (C=O) groups excluding carboxylic acids is 2. The van der Waals surface area contributed by atoms with Crippen molar-refractivity contribution < 1.29 is 23.8 Å². The lowest BCUT2D eigenvalue weighted by Crippen LogP contribution is -2.24. The quantitative estimate of drug-likeness (QED) is 0.378. The van der Waals surface area contributed by atoms with Gasteiger partial charge in [-0.2, -0.15) is 5.10 Å². The van der Waals surface area contributed by atoms with Crippen LogP contribution in [0, 0.1) is 0 Å². The predicted octanol–water partition coefficient (Wildman–Crippen LogP) is 3.24. The van der Waals surface area contributed by atoms with E-state index in [0.717, 1.165) is 5.56 Å². The predicted molar refractivity (Wildman–Crippen MR) is 121 cm³/mol. The van der Waals surface area contributed by atoms with Gasteiger partial charge in [-0.25, -0.2) is 5.43 Å². The maximum atomic E-state index is 11.9. The van der Waals surface area contributed by atoms with Gasteiger partial charge in [-0.05, 0) is 66.2 Å². The van der Waals surface area contributed by atoms with E-state index in [1.807, 2.05) is 18.2 Å². The molecule has 0 heterocycles. The smallest absolute Gasteiger partial charge is 0.277 e. The Hall–Kier alpha value is -4.33. The number of carbonyl (C=O) groups is 2. The Morgan fingerprint density at radius 3 is 1.97 bits per heavy atom. The molecular weight excluding hydrogens is 410 g/mol. The van der Waals surface area contributed by atoms with Crippen LogP contribution in [0.15, 0.2) is 84.0 Å². The van der Waals surface area contributed by atoms with Crippen molar-refractivity contribution in [3.05, 3.63) is 84.4 Å². The van der Waals surface area contributed by atoms with Crippen molar-refractivity contribution in [1.82, 2.24) is 5.43 Å². The molecule has 8 heteroatoms. The maximum absolute atomic E-state index is 11.9. The van der Waals surface area contributed by atoms with E-state index in [1.54, 1.807) is 67.8 Å². The van der Waals surface area contributed by atoms with E-state index in [0.29, 0.717) is 22.9 Å². The molecule has 0 aromatic heterocycles. The second-order valence-electron chi connectivity index (χ2n) is 6.53. The summed E-state index contributed by atoms with van der Waals surface area (Å²) in [7, 11) is 1.58. The van der Waals surface area contributed by atoms with Crippen molar-refractivity contribution >= 4 is 23.7 Å². The molecular formula is C24H23N3O5. The molecule has 2 amide bonds. The van der Waals surface area contributed by atoms with Gasteiger partial charge in [0.2, 0.25) is 0 Å². The molecule has 0 bridgehead atoms. The fraction of sp³-hybridized carbons (Fsp3) is 0.125. The van der Waals surface area contributed by atoms with Gasteiger partial charge in [0.25, 0.3) is 11.8 Å². The average molecular weight is 433 g/mol. The second-order valence-corrected chi connectivity index (χ2v) is 6.53. The lowest BCUT2D eigenvalue weighted by molar-refractivity contribution is -0.123. The third-order valence-corrected chi connectivity index (χ3v) is 4.14. The minimum atomic E-state index is -0.388. The Labute approximate surface area is 185 Å². The first-order chi connectivity index (χ1) is 15.6. The molecule has 0 aliphatic heterocycles. The van der Waals surface area contributed by atoms with Crippen LogP contribution in [0.5, 0.6) is 17.2 Å². The van der Waals surface area contributed by atoms with E-state index in [4.69, 9.17) is 14.2 Å². The van der Waals surface area contributed by atoms with E-state index in [-0.39, 0.29) is 25.0 Å². The number of hydrogen-bond acceptors (Lipinski definition) is 6. The van der Waals surface area contributed by atoms with Crippen molar-refractivity contribution in [2.45, 2.75) is 0 Å². The zero-order valence-electron chi connectivity index (χ0n) is 17.5. The summed E-state index contributed by atoms with van der Waals surface area (Å²) in [4.78, 5) is 23.7. The highest BCUT2D eigenvalue weighted by Gasteiger charge is 2.04. The number of rotatable bonds is 10. The number of nitrogens with zero attached hydrogens (tertiary/aromatic N) is 1. The van der Waals surface area contributed by atoms with Gasteiger partial charge in [-0.3, -0.25) is 9.59 Å². The number of benzene rings is 3. The normalized spacial score (nSPS) is 10.4. The van der Waals surface area contributed by atoms with E-state index in [9.17, 15) is 9.59 Å². The third kappa shape index (κ3) is 7.49. The van der Waals surface area contributed by atoms with Crippen molar-refractivity contribution in [3.8, 4) is 17.2 Å². The molecule has 0 saturated carbocycles. The Bertz CT molecular complexity index is 1040. The number of hydrogen-bond donors (Lipinski definition) is 2. The average Bonchev–Trinajstić information content (AvgIpc) is 2.83. The van der Waals surface area contributed by atoms with Crippen LogP contribution in [0.1, 0.15) is 5.56 Å². The lowest BCUT2D eigenvalue weighted by atomic mass is 10.2. The lowest BCUT2D eigenvalue weighted by Gasteiger charge is -2.07. The Morgan fingerprint density at radius 2 is 1.34 bits per heavy atom. The van der Waals surface area contributed by atoms with Gasteiger partial charge in [0, 0.05) is 5.69 Å². The molecule has 3 aromatic carbocycles. The zero-order valence-corrected chi connectivity index (χ0v) is 17.5. The molecule has 8 nitrogen and oxygen atoms in total. The van der Waals surface area contributed by atoms with Crippen LogP contribution in [0.2, 0.25) is 0 Å². The van der Waals surface area contributed by atoms with Crippen LogP contribution in [0.25, 0.3) is 0 Å². The molecule has 0 fully saturated rings. The molecule has 0 radical (unpaired) electrons. The Kier molecular flexibility index (Phi) is 8.21. The summed E-state index contributed by atoms with van der Waals surface area (Å²) in [5, 5.41) is 6.65. The molecule has 0 spiro atoms. The Morgan fingerprint density at radius 1 is 0.781 bits per heavy atom. The van der Waals surface area contributed by atoms with Gasteiger partial charge in [0.05, 0.1) is 13.3 Å². The number of ether oxygens (including phenoxy) is 3. The molecule has 2 N–H and O–H groups in total. The van der Waals surface area contributed by atoms with Gasteiger partial charge in [0.1, 0.15) is 17.2 Å². The molecule has 0 atom stereocenters. The number of nitrogens with one attached hydrogen (secondary N) is 2. The van der Waals surface area contributed by atoms with Gasteiger partial charge in [-0.1, -0.05) is 18.2 Å². The van der Waals surface area contributed by atoms with Crippen LogP contribution in [0.3, 0.4) is 0 Å². The molecule has 32 heavy (non-hydrogen) atoms. The fourth-order valence-corrected chi connectivity index (χ4v) is 2.55. The molecule has 164 valence electrons. The summed E-state index contributed by atoms with van der Waals surface area (Å²) in [6, 6.07) is 23.0. The van der Waals surface area contributed by atoms with E-state index in [2.05, 4.69) is 15.8 Å². The molecule has 3 rings (SSSR count). The van der Waals surface area contributed by atoms with Gasteiger partial charge < -0.3 is 19.5 Å². The molecule has 0 saturated heterocycles. The molecule has 0 unspecified atom stereocenters. The summed E-state index contributed by atoms with van der Waals surface area (Å²) < 4.78 is 15.9. The number of methoxy groups -OCH3 is 1. The van der Waals surface area contributed by atoms with Crippen LogP contribution in [0.4, 0.5) is 5.69 Å². The van der Waals surface area contributed by atoms with Crippen LogP contribution >= 0.6 is 0 Å². The second kappa shape index (κ2) is 11.8. The van der Waals surface area contributed by atoms with Crippen LogP contribution in [-0.2, 0) is 9.59 Å². The Balaban J connectivity index is 1.37. The SMILES string of the molecule is COc1ccc(OCC(=O)N/N=C/c2ccc(OCC(=O)Nc3ccccc3)cc2)cc1. The fourth-order valence-electron chi connectivity index (χ4n) is 2.55. The first-order valence-electron chi connectivity index (χ1n) is 9.79. The highest BCUT2D eigenvalue weighted by molar-refractivity contribution is 5.91. The summed E-state index contributed by atoms with van der Waals surface area (Å²) in [6.07, 6.45) is 1.50. The van der Waals surface area contributed by atoms with E-state index >= 15 is 0 Å². The van der Waals surface area contributed by atoms with Crippen LogP contribution < -0.4 is 25.0 Å². The number of para-hydroxylation sites is 1. The minimum absolute atomic E-state index is 0.105. The summed E-state index contributed by atoms with van der Waals surface area (Å²) in [5.41, 5.74) is 3.86. The zero-order chi connectivity index (χ0) is 22.6. The first-order valence-corrected chi connectivity index (χ1v) is 9.79. The molecule has 3 aromatic rings. The summed E-state index contributed by atoms with van der Waals surface area (Å²) in [5.74, 6) is 1.17. The summed E-state index contributed by atoms with van der Waals surface area (Å²) >= 11 is 0. The van der Waals surface area contributed by atoms with Crippen LogP contribution in [-0.4, -0.2) is 38.4 Å². The minimum Gasteiger partial charge on any atom is -0.497 e. The highest BCUT2D eigenvalue weighted by Crippen LogP contribution is 2.16. The van der Waals surface area contributed by atoms with Gasteiger partial charge in [0.15, 0.2) is 13.2 Å². The van der Waals surface area contributed by atoms with E-state index in [1.165, 1.54) is 6.21 Å². The topological polar surface area (TPSA) is 98.2 Å². The van der Waals surface area contributed by atoms with E-state index < -0.39 is 0 Å². The number of hydrazone groups is 1. The number of anilines is 1. The highest BCUT2D eigenvalue weighted by atomic mass is 16.5.